The average Bonchev–Trinajstić information content (AvgIpc) is 2.49. The van der Waals surface area contributed by atoms with Crippen LogP contribution in [0, 0.1) is 28.4 Å². The van der Waals surface area contributed by atoms with E-state index in [1.807, 2.05) is 6.07 Å². The molecule has 24 heavy (non-hydrogen) atoms. The molecule has 2 rings (SSSR count). The number of amides is 1. The first-order chi connectivity index (χ1) is 11.0. The Hall–Kier alpha value is -2.55. The Balaban J connectivity index is 2.50. The molecule has 0 unspecified atom stereocenters. The highest BCUT2D eigenvalue weighted by Gasteiger charge is 2.46. The van der Waals surface area contributed by atoms with Crippen LogP contribution in [0.25, 0.3) is 0 Å². The first-order valence-corrected chi connectivity index (χ1v) is 7.43. The molecule has 126 valence electrons. The number of halogens is 2. The molecule has 0 spiro atoms. The first kappa shape index (κ1) is 17.8. The van der Waals surface area contributed by atoms with E-state index in [1.54, 1.807) is 20.8 Å². The molecule has 0 saturated carbocycles. The van der Waals surface area contributed by atoms with E-state index in [9.17, 15) is 23.6 Å². The van der Waals surface area contributed by atoms with Gasteiger partial charge in [0.1, 0.15) is 23.3 Å². The summed E-state index contributed by atoms with van der Waals surface area (Å²) in [5.74, 6) is -3.05. The number of nitrogens with zero attached hydrogens (tertiary/aromatic N) is 2. The third kappa shape index (κ3) is 2.82. The summed E-state index contributed by atoms with van der Waals surface area (Å²) in [6, 6.07) is 5.05. The van der Waals surface area contributed by atoms with E-state index in [0.717, 1.165) is 12.1 Å². The maximum Gasteiger partial charge on any atom is 0.260 e. The molecule has 0 N–H and O–H groups in total. The van der Waals surface area contributed by atoms with Gasteiger partial charge in [0.2, 0.25) is 0 Å². The topological polar surface area (TPSA) is 61.2 Å². The van der Waals surface area contributed by atoms with E-state index in [1.165, 1.54) is 24.1 Å². The number of ketones is 1. The summed E-state index contributed by atoms with van der Waals surface area (Å²) in [7, 11) is 1.41. The van der Waals surface area contributed by atoms with Crippen molar-refractivity contribution in [3.05, 3.63) is 47.0 Å². The van der Waals surface area contributed by atoms with Crippen molar-refractivity contribution in [2.24, 2.45) is 5.41 Å². The summed E-state index contributed by atoms with van der Waals surface area (Å²) in [5.41, 5.74) is -2.59. The number of rotatable bonds is 2. The number of hydrogen-bond acceptors (Lipinski definition) is 3. The lowest BCUT2D eigenvalue weighted by Gasteiger charge is -2.44. The van der Waals surface area contributed by atoms with Crippen molar-refractivity contribution in [1.29, 1.82) is 5.26 Å². The number of carbonyl (C=O) groups is 2. The van der Waals surface area contributed by atoms with Crippen molar-refractivity contribution in [3.8, 4) is 6.07 Å². The van der Waals surface area contributed by atoms with Crippen molar-refractivity contribution >= 4 is 11.7 Å². The molecule has 1 aliphatic carbocycles. The number of allylic oxidation sites excluding steroid dienone is 1. The number of hydrogen-bond donors (Lipinski definition) is 0. The highest BCUT2D eigenvalue weighted by Crippen LogP contribution is 2.40. The van der Waals surface area contributed by atoms with Gasteiger partial charge in [-0.2, -0.15) is 5.26 Å². The van der Waals surface area contributed by atoms with Crippen LogP contribution in [0.5, 0.6) is 0 Å². The normalized spacial score (nSPS) is 22.5. The largest absolute Gasteiger partial charge is 0.333 e. The fourth-order valence-corrected chi connectivity index (χ4v) is 3.17. The molecule has 0 bridgehead atoms. The fraction of sp³-hybridized carbons (Fsp3) is 0.389. The second-order valence-corrected chi connectivity index (χ2v) is 6.88. The van der Waals surface area contributed by atoms with Crippen LogP contribution < -0.4 is 0 Å². The summed E-state index contributed by atoms with van der Waals surface area (Å²) in [6.45, 7) is 5.02. The predicted molar refractivity (Wildman–Crippen MR) is 84.0 cm³/mol. The third-order valence-corrected chi connectivity index (χ3v) is 4.48. The molecule has 0 radical (unpaired) electrons. The van der Waals surface area contributed by atoms with E-state index >= 15 is 0 Å². The zero-order chi connectivity index (χ0) is 18.3. The van der Waals surface area contributed by atoms with Crippen molar-refractivity contribution in [3.63, 3.8) is 0 Å². The van der Waals surface area contributed by atoms with Gasteiger partial charge >= 0.3 is 0 Å². The highest BCUT2D eigenvalue weighted by atomic mass is 19.1. The van der Waals surface area contributed by atoms with E-state index in [4.69, 9.17) is 0 Å². The molecule has 4 nitrogen and oxygen atoms in total. The number of Topliss-reactive ketones (excluding diaryl/α,β-unsaturated/α-hetero) is 1. The molecule has 0 saturated heterocycles. The second kappa shape index (κ2) is 5.82. The Morgan fingerprint density at radius 3 is 2.29 bits per heavy atom. The van der Waals surface area contributed by atoms with Gasteiger partial charge in [-0.25, -0.2) is 8.78 Å². The Bertz CT molecular complexity index is 772. The number of likely N-dealkylation sites (N-methyl/N-ethyl adjacent to an activating group) is 1. The van der Waals surface area contributed by atoms with Crippen LogP contribution in [0.15, 0.2) is 29.8 Å². The van der Waals surface area contributed by atoms with Crippen LogP contribution in [0.2, 0.25) is 0 Å². The van der Waals surface area contributed by atoms with Crippen molar-refractivity contribution < 1.29 is 18.4 Å². The van der Waals surface area contributed by atoms with Gasteiger partial charge in [-0.3, -0.25) is 9.59 Å². The quantitative estimate of drug-likeness (QED) is 0.835. The minimum Gasteiger partial charge on any atom is -0.333 e. The van der Waals surface area contributed by atoms with Gasteiger partial charge < -0.3 is 4.90 Å². The van der Waals surface area contributed by atoms with Gasteiger partial charge in [-0.1, -0.05) is 19.9 Å². The van der Waals surface area contributed by atoms with Crippen LogP contribution in [0.1, 0.15) is 37.6 Å². The summed E-state index contributed by atoms with van der Waals surface area (Å²) in [4.78, 5) is 26.0. The Kier molecular flexibility index (Phi) is 4.32. The highest BCUT2D eigenvalue weighted by molar-refractivity contribution is 6.04. The van der Waals surface area contributed by atoms with Gasteiger partial charge in [0, 0.05) is 12.5 Å². The lowest BCUT2D eigenvalue weighted by molar-refractivity contribution is -0.125. The molecule has 1 aliphatic rings. The van der Waals surface area contributed by atoms with Crippen molar-refractivity contribution in [2.45, 2.75) is 32.7 Å². The van der Waals surface area contributed by atoms with Crippen LogP contribution in [0.3, 0.4) is 0 Å². The standard InChI is InChI=1S/C18H18F2N2O2/c1-17(2)10-18(3,8-11(9-21)15(17)23)22(4)16(24)14-12(19)6-5-7-13(14)20/h5-8H,10H2,1-4H3/t18-/m1/s1. The van der Waals surface area contributed by atoms with Crippen LogP contribution in [-0.2, 0) is 4.79 Å². The molecular weight excluding hydrogens is 314 g/mol. The van der Waals surface area contributed by atoms with Gasteiger partial charge in [0.15, 0.2) is 5.78 Å². The van der Waals surface area contributed by atoms with Crippen LogP contribution in [0.4, 0.5) is 8.78 Å². The summed E-state index contributed by atoms with van der Waals surface area (Å²) in [5, 5.41) is 9.19. The Labute approximate surface area is 139 Å². The summed E-state index contributed by atoms with van der Waals surface area (Å²) < 4.78 is 27.8. The average molecular weight is 332 g/mol. The van der Waals surface area contributed by atoms with Gasteiger partial charge in [0.25, 0.3) is 5.91 Å². The molecule has 1 aromatic rings. The van der Waals surface area contributed by atoms with E-state index < -0.39 is 34.1 Å². The molecule has 0 aliphatic heterocycles. The minimum atomic E-state index is -1.02. The monoisotopic (exact) mass is 332 g/mol. The lowest BCUT2D eigenvalue weighted by Crippen LogP contribution is -2.53. The smallest absolute Gasteiger partial charge is 0.260 e. The molecule has 1 atom stereocenters. The molecule has 0 aromatic heterocycles. The molecular formula is C18H18F2N2O2. The molecule has 6 heteroatoms. The van der Waals surface area contributed by atoms with Crippen LogP contribution in [-0.4, -0.2) is 29.2 Å². The fourth-order valence-electron chi connectivity index (χ4n) is 3.17. The number of nitriles is 1. The Morgan fingerprint density at radius 2 is 1.79 bits per heavy atom. The number of carbonyl (C=O) groups excluding carboxylic acids is 2. The number of benzene rings is 1. The van der Waals surface area contributed by atoms with Crippen molar-refractivity contribution in [1.82, 2.24) is 4.90 Å². The summed E-state index contributed by atoms with van der Waals surface area (Å²) >= 11 is 0. The molecule has 1 amide bonds. The van der Waals surface area contributed by atoms with E-state index in [2.05, 4.69) is 0 Å². The summed E-state index contributed by atoms with van der Waals surface area (Å²) in [6.07, 6.45) is 1.64. The van der Waals surface area contributed by atoms with Crippen LogP contribution >= 0.6 is 0 Å². The molecule has 1 aromatic carbocycles. The second-order valence-electron chi connectivity index (χ2n) is 6.88. The van der Waals surface area contributed by atoms with E-state index in [-0.39, 0.29) is 17.8 Å². The van der Waals surface area contributed by atoms with Crippen molar-refractivity contribution in [2.75, 3.05) is 7.05 Å². The Morgan fingerprint density at radius 1 is 1.25 bits per heavy atom. The van der Waals surface area contributed by atoms with Gasteiger partial charge in [-0.15, -0.1) is 0 Å². The maximum atomic E-state index is 13.9. The zero-order valence-electron chi connectivity index (χ0n) is 14.0. The third-order valence-electron chi connectivity index (χ3n) is 4.48. The van der Waals surface area contributed by atoms with Gasteiger partial charge in [0.05, 0.1) is 11.1 Å². The lowest BCUT2D eigenvalue weighted by atomic mass is 9.68. The predicted octanol–water partition coefficient (Wildman–Crippen LogP) is 3.24. The molecule has 0 heterocycles. The SMILES string of the molecule is CN(C(=O)c1c(F)cccc1F)[C@]1(C)C=C(C#N)C(=O)C(C)(C)C1. The zero-order valence-corrected chi connectivity index (χ0v) is 14.0. The molecule has 0 fully saturated rings. The first-order valence-electron chi connectivity index (χ1n) is 7.43. The van der Waals surface area contributed by atoms with E-state index in [0.29, 0.717) is 0 Å². The van der Waals surface area contributed by atoms with Gasteiger partial charge in [-0.05, 0) is 31.6 Å². The maximum absolute atomic E-state index is 13.9. The minimum absolute atomic E-state index is 0.0533.